The van der Waals surface area contributed by atoms with Crippen LogP contribution in [0.3, 0.4) is 0 Å². The van der Waals surface area contributed by atoms with Gasteiger partial charge in [-0.15, -0.1) is 0 Å². The number of para-hydroxylation sites is 1. The molecule has 0 atom stereocenters. The summed E-state index contributed by atoms with van der Waals surface area (Å²) in [6.07, 6.45) is 0.431. The quantitative estimate of drug-likeness (QED) is 0.818. The number of pyridine rings is 1. The van der Waals surface area contributed by atoms with Gasteiger partial charge in [-0.3, -0.25) is 19.0 Å². The molecule has 1 aromatic carbocycles. The smallest absolute Gasteiger partial charge is 0.281 e. The molecule has 2 heterocycles. The summed E-state index contributed by atoms with van der Waals surface area (Å²) >= 11 is 0. The Balaban J connectivity index is 0.00000136. The van der Waals surface area contributed by atoms with E-state index >= 15 is 0 Å². The summed E-state index contributed by atoms with van der Waals surface area (Å²) in [5, 5.41) is 13.0. The third-order valence-electron chi connectivity index (χ3n) is 4.42. The summed E-state index contributed by atoms with van der Waals surface area (Å²) in [5.74, 6) is -0.717. The van der Waals surface area contributed by atoms with Crippen molar-refractivity contribution in [3.05, 3.63) is 57.1 Å². The Hall–Kier alpha value is -2.71. The molecule has 0 radical (unpaired) electrons. The molecule has 28 heavy (non-hydrogen) atoms. The number of benzene rings is 1. The van der Waals surface area contributed by atoms with E-state index in [0.717, 1.165) is 5.06 Å². The predicted octanol–water partition coefficient (Wildman–Crippen LogP) is 2.52. The lowest BCUT2D eigenvalue weighted by Gasteiger charge is -2.30. The van der Waals surface area contributed by atoms with E-state index in [0.29, 0.717) is 17.5 Å². The van der Waals surface area contributed by atoms with Crippen LogP contribution in [0.25, 0.3) is 0 Å². The lowest BCUT2D eigenvalue weighted by molar-refractivity contribution is -0.132. The molecular weight excluding hydrogens is 365 g/mol. The van der Waals surface area contributed by atoms with Crippen LogP contribution in [0.1, 0.15) is 35.3 Å². The van der Waals surface area contributed by atoms with E-state index in [1.165, 1.54) is 23.7 Å². The molecule has 7 nitrogen and oxygen atoms in total. The van der Waals surface area contributed by atoms with Crippen LogP contribution in [-0.4, -0.2) is 40.4 Å². The molecule has 8 heteroatoms. The minimum absolute atomic E-state index is 0.0120. The Bertz CT molecular complexity index is 911. The molecule has 0 spiro atoms. The summed E-state index contributed by atoms with van der Waals surface area (Å²) in [6, 6.07) is 6.03. The second kappa shape index (κ2) is 9.48. The molecule has 0 unspecified atom stereocenters. The Kier molecular flexibility index (Phi) is 7.31. The molecule has 0 aliphatic carbocycles. The number of hydroxylamine groups is 2. The van der Waals surface area contributed by atoms with Crippen LogP contribution < -0.4 is 10.9 Å². The number of hydrogen-bond acceptors (Lipinski definition) is 5. The van der Waals surface area contributed by atoms with Gasteiger partial charge in [0, 0.05) is 12.6 Å². The molecule has 0 saturated carbocycles. The normalized spacial score (nSPS) is 12.9. The van der Waals surface area contributed by atoms with Crippen LogP contribution >= 0.6 is 0 Å². The summed E-state index contributed by atoms with van der Waals surface area (Å²) < 4.78 is 15.4. The number of fused-ring (bicyclic) bond motifs is 1. The number of rotatable bonds is 5. The number of anilines is 2. The van der Waals surface area contributed by atoms with Gasteiger partial charge >= 0.3 is 0 Å². The minimum Gasteiger partial charge on any atom is -0.394 e. The molecule has 0 bridgehead atoms. The highest BCUT2D eigenvalue weighted by Crippen LogP contribution is 2.30. The van der Waals surface area contributed by atoms with Gasteiger partial charge in [0.15, 0.2) is 0 Å². The average Bonchev–Trinajstić information content (AvgIpc) is 2.71. The SMILES string of the molecule is CC.Cc1c2c(c(Nc3ccccc3F)n(C)c1=O)C(=O)N(OCCO)CC2. The summed E-state index contributed by atoms with van der Waals surface area (Å²) in [6.45, 7) is 5.72. The van der Waals surface area contributed by atoms with E-state index in [9.17, 15) is 14.0 Å². The Labute approximate surface area is 163 Å². The Morgan fingerprint density at radius 2 is 1.93 bits per heavy atom. The third kappa shape index (κ3) is 4.07. The number of nitrogens with one attached hydrogen (secondary N) is 1. The first kappa shape index (κ1) is 21.6. The highest BCUT2D eigenvalue weighted by Gasteiger charge is 2.32. The molecule has 2 aromatic rings. The zero-order chi connectivity index (χ0) is 20.8. The van der Waals surface area contributed by atoms with Gasteiger partial charge in [-0.1, -0.05) is 26.0 Å². The first-order valence-corrected chi connectivity index (χ1v) is 9.25. The standard InChI is InChI=1S/C18H20FN3O4.C2H6/c1-11-12-7-8-22(26-10-9-23)18(25)15(12)16(21(2)17(11)24)20-14-6-4-3-5-13(14)19;1-2/h3-6,20,23H,7-10H2,1-2H3;1-2H3. The maximum Gasteiger partial charge on any atom is 0.281 e. The number of aliphatic hydroxyl groups excluding tert-OH is 1. The van der Waals surface area contributed by atoms with Crippen molar-refractivity contribution in [2.24, 2.45) is 7.05 Å². The number of aromatic nitrogens is 1. The summed E-state index contributed by atoms with van der Waals surface area (Å²) in [7, 11) is 1.53. The van der Waals surface area contributed by atoms with Gasteiger partial charge in [-0.25, -0.2) is 9.45 Å². The van der Waals surface area contributed by atoms with Crippen LogP contribution in [0.2, 0.25) is 0 Å². The van der Waals surface area contributed by atoms with Gasteiger partial charge in [0.1, 0.15) is 11.6 Å². The average molecular weight is 391 g/mol. The molecule has 2 N–H and O–H groups in total. The molecule has 0 saturated heterocycles. The van der Waals surface area contributed by atoms with Crippen molar-refractivity contribution < 1.29 is 19.1 Å². The van der Waals surface area contributed by atoms with E-state index in [2.05, 4.69) is 5.32 Å². The zero-order valence-electron chi connectivity index (χ0n) is 16.6. The molecule has 1 aliphatic heterocycles. The van der Waals surface area contributed by atoms with Crippen molar-refractivity contribution in [1.29, 1.82) is 0 Å². The Morgan fingerprint density at radius 3 is 2.57 bits per heavy atom. The number of carbonyl (C=O) groups is 1. The second-order valence-electron chi connectivity index (χ2n) is 6.01. The van der Waals surface area contributed by atoms with E-state index in [1.54, 1.807) is 19.1 Å². The highest BCUT2D eigenvalue weighted by atomic mass is 19.1. The fraction of sp³-hybridized carbons (Fsp3) is 0.400. The summed E-state index contributed by atoms with van der Waals surface area (Å²) in [5.41, 5.74) is 1.30. The van der Waals surface area contributed by atoms with Gasteiger partial charge in [0.2, 0.25) is 0 Å². The molecule has 1 aromatic heterocycles. The van der Waals surface area contributed by atoms with Crippen LogP contribution in [0.4, 0.5) is 15.9 Å². The van der Waals surface area contributed by atoms with Gasteiger partial charge in [-0.05, 0) is 31.0 Å². The highest BCUT2D eigenvalue weighted by molar-refractivity contribution is 6.01. The topological polar surface area (TPSA) is 83.8 Å². The largest absolute Gasteiger partial charge is 0.394 e. The van der Waals surface area contributed by atoms with Crippen molar-refractivity contribution in [2.45, 2.75) is 27.2 Å². The van der Waals surface area contributed by atoms with Crippen molar-refractivity contribution in [3.8, 4) is 0 Å². The molecule has 1 amide bonds. The number of nitrogens with zero attached hydrogens (tertiary/aromatic N) is 2. The summed E-state index contributed by atoms with van der Waals surface area (Å²) in [4.78, 5) is 30.7. The third-order valence-corrected chi connectivity index (χ3v) is 4.42. The van der Waals surface area contributed by atoms with Crippen molar-refractivity contribution in [2.75, 3.05) is 25.1 Å². The molecule has 1 aliphatic rings. The lowest BCUT2D eigenvalue weighted by atomic mass is 9.96. The lowest BCUT2D eigenvalue weighted by Crippen LogP contribution is -2.41. The fourth-order valence-electron chi connectivity index (χ4n) is 3.07. The minimum atomic E-state index is -0.495. The number of hydrogen-bond donors (Lipinski definition) is 2. The van der Waals surface area contributed by atoms with E-state index in [4.69, 9.17) is 9.94 Å². The van der Waals surface area contributed by atoms with E-state index in [1.807, 2.05) is 13.8 Å². The van der Waals surface area contributed by atoms with Crippen LogP contribution in [0, 0.1) is 12.7 Å². The van der Waals surface area contributed by atoms with Gasteiger partial charge in [0.05, 0.1) is 31.0 Å². The monoisotopic (exact) mass is 391 g/mol. The van der Waals surface area contributed by atoms with Gasteiger partial charge in [0.25, 0.3) is 11.5 Å². The van der Waals surface area contributed by atoms with Crippen molar-refractivity contribution >= 4 is 17.4 Å². The molecular formula is C20H26FN3O4. The van der Waals surface area contributed by atoms with Crippen LogP contribution in [-0.2, 0) is 18.3 Å². The maximum atomic E-state index is 14.1. The number of halogens is 1. The fourth-order valence-corrected chi connectivity index (χ4v) is 3.07. The predicted molar refractivity (Wildman–Crippen MR) is 105 cm³/mol. The second-order valence-corrected chi connectivity index (χ2v) is 6.01. The zero-order valence-corrected chi connectivity index (χ0v) is 16.6. The van der Waals surface area contributed by atoms with Crippen molar-refractivity contribution in [1.82, 2.24) is 9.63 Å². The number of amides is 1. The van der Waals surface area contributed by atoms with Crippen LogP contribution in [0.5, 0.6) is 0 Å². The van der Waals surface area contributed by atoms with Crippen molar-refractivity contribution in [3.63, 3.8) is 0 Å². The van der Waals surface area contributed by atoms with Gasteiger partial charge in [-0.2, -0.15) is 0 Å². The van der Waals surface area contributed by atoms with Gasteiger partial charge < -0.3 is 10.4 Å². The maximum absolute atomic E-state index is 14.1. The molecule has 152 valence electrons. The molecule has 0 fully saturated rings. The first-order chi connectivity index (χ1) is 13.5. The van der Waals surface area contributed by atoms with E-state index in [-0.39, 0.29) is 42.4 Å². The molecule has 3 rings (SSSR count). The number of carbonyl (C=O) groups excluding carboxylic acids is 1. The Morgan fingerprint density at radius 1 is 1.25 bits per heavy atom. The van der Waals surface area contributed by atoms with E-state index < -0.39 is 11.7 Å². The van der Waals surface area contributed by atoms with Crippen LogP contribution in [0.15, 0.2) is 29.1 Å². The number of aliphatic hydroxyl groups is 1. The first-order valence-electron chi connectivity index (χ1n) is 9.25.